The summed E-state index contributed by atoms with van der Waals surface area (Å²) >= 11 is 17.8. The van der Waals surface area contributed by atoms with Crippen molar-refractivity contribution < 1.29 is 9.47 Å². The van der Waals surface area contributed by atoms with Crippen molar-refractivity contribution in [3.05, 3.63) is 38.3 Å². The Labute approximate surface area is 160 Å². The third kappa shape index (κ3) is 4.23. The molecular formula is C16H18Cl2N4O2S. The average molecular weight is 401 g/mol. The first-order valence-electron chi connectivity index (χ1n) is 8.05. The summed E-state index contributed by atoms with van der Waals surface area (Å²) in [5.74, 6) is 1.15. The number of aromatic amines is 1. The zero-order valence-electron chi connectivity index (χ0n) is 13.7. The number of ether oxygens (including phenoxy) is 2. The van der Waals surface area contributed by atoms with Crippen LogP contribution in [-0.2, 0) is 4.74 Å². The highest BCUT2D eigenvalue weighted by Gasteiger charge is 2.23. The van der Waals surface area contributed by atoms with Crippen LogP contribution >= 0.6 is 35.4 Å². The van der Waals surface area contributed by atoms with E-state index in [1.807, 2.05) is 6.92 Å². The van der Waals surface area contributed by atoms with Crippen LogP contribution in [0.15, 0.2) is 17.2 Å². The Morgan fingerprint density at radius 3 is 2.88 bits per heavy atom. The van der Waals surface area contributed by atoms with Crippen molar-refractivity contribution in [1.82, 2.24) is 14.9 Å². The lowest BCUT2D eigenvalue weighted by atomic mass is 10.2. The summed E-state index contributed by atoms with van der Waals surface area (Å²) < 4.78 is 13.2. The van der Waals surface area contributed by atoms with Gasteiger partial charge in [-0.1, -0.05) is 30.1 Å². The Morgan fingerprint density at radius 2 is 2.24 bits per heavy atom. The Morgan fingerprint density at radius 1 is 1.48 bits per heavy atom. The quantitative estimate of drug-likeness (QED) is 0.560. The fraction of sp³-hybridized carbons (Fsp3) is 0.438. The lowest BCUT2D eigenvalue weighted by Gasteiger charge is -2.10. The Balaban J connectivity index is 1.85. The average Bonchev–Trinajstić information content (AvgIpc) is 3.22. The summed E-state index contributed by atoms with van der Waals surface area (Å²) in [6.45, 7) is 3.29. The highest BCUT2D eigenvalue weighted by atomic mass is 35.5. The minimum Gasteiger partial charge on any atom is -0.490 e. The van der Waals surface area contributed by atoms with Gasteiger partial charge in [0.05, 0.1) is 22.9 Å². The molecule has 1 saturated heterocycles. The molecule has 1 N–H and O–H groups in total. The summed E-state index contributed by atoms with van der Waals surface area (Å²) in [7, 11) is 0. The van der Waals surface area contributed by atoms with E-state index in [0.29, 0.717) is 33.0 Å². The molecule has 1 aromatic carbocycles. The van der Waals surface area contributed by atoms with Crippen LogP contribution in [0.1, 0.15) is 43.7 Å². The van der Waals surface area contributed by atoms with Crippen molar-refractivity contribution in [1.29, 1.82) is 0 Å². The van der Waals surface area contributed by atoms with E-state index < -0.39 is 0 Å². The van der Waals surface area contributed by atoms with Gasteiger partial charge in [-0.05, 0) is 49.2 Å². The number of H-pyrrole nitrogens is 1. The molecule has 0 amide bonds. The van der Waals surface area contributed by atoms with Crippen LogP contribution in [0.3, 0.4) is 0 Å². The van der Waals surface area contributed by atoms with Crippen molar-refractivity contribution in [2.45, 2.75) is 32.3 Å². The summed E-state index contributed by atoms with van der Waals surface area (Å²) in [5, 5.41) is 12.3. The molecule has 6 nitrogen and oxygen atoms in total. The first-order valence-corrected chi connectivity index (χ1v) is 9.21. The lowest BCUT2D eigenvalue weighted by molar-refractivity contribution is 0.102. The fourth-order valence-corrected chi connectivity index (χ4v) is 3.32. The van der Waals surface area contributed by atoms with E-state index in [-0.39, 0.29) is 6.10 Å². The molecule has 0 radical (unpaired) electrons. The third-order valence-corrected chi connectivity index (χ3v) is 4.51. The Bertz CT molecular complexity index is 805. The maximum Gasteiger partial charge on any atom is 0.216 e. The van der Waals surface area contributed by atoms with Crippen LogP contribution in [0.25, 0.3) is 0 Å². The van der Waals surface area contributed by atoms with E-state index in [4.69, 9.17) is 44.9 Å². The second-order valence-electron chi connectivity index (χ2n) is 5.61. The van der Waals surface area contributed by atoms with E-state index >= 15 is 0 Å². The van der Waals surface area contributed by atoms with Crippen LogP contribution in [-0.4, -0.2) is 34.3 Å². The summed E-state index contributed by atoms with van der Waals surface area (Å²) in [4.78, 5) is 0. The number of nitrogens with zero attached hydrogens (tertiary/aromatic N) is 3. The second kappa shape index (κ2) is 8.31. The van der Waals surface area contributed by atoms with E-state index in [1.54, 1.807) is 23.0 Å². The van der Waals surface area contributed by atoms with Gasteiger partial charge < -0.3 is 9.47 Å². The number of hydrogen-bond acceptors (Lipinski definition) is 5. The highest BCUT2D eigenvalue weighted by molar-refractivity contribution is 7.71. The second-order valence-corrected chi connectivity index (χ2v) is 6.81. The smallest absolute Gasteiger partial charge is 0.216 e. The van der Waals surface area contributed by atoms with E-state index in [2.05, 4.69) is 15.3 Å². The van der Waals surface area contributed by atoms with Gasteiger partial charge in [0.1, 0.15) is 6.10 Å². The SMILES string of the molecule is CCCOc1c(Cl)cc(/C=N\n2c(C3CCCO3)n[nH]c2=S)cc1Cl. The normalized spacial score (nSPS) is 17.5. The Hall–Kier alpha value is -1.41. The van der Waals surface area contributed by atoms with Crippen molar-refractivity contribution in [2.75, 3.05) is 13.2 Å². The maximum atomic E-state index is 6.26. The molecule has 1 atom stereocenters. The molecule has 2 aromatic rings. The van der Waals surface area contributed by atoms with E-state index in [9.17, 15) is 0 Å². The zero-order valence-corrected chi connectivity index (χ0v) is 16.0. The maximum absolute atomic E-state index is 6.26. The predicted molar refractivity (Wildman–Crippen MR) is 101 cm³/mol. The number of hydrogen-bond donors (Lipinski definition) is 1. The molecule has 0 bridgehead atoms. The van der Waals surface area contributed by atoms with Crippen molar-refractivity contribution in [3.63, 3.8) is 0 Å². The van der Waals surface area contributed by atoms with Gasteiger partial charge in [0.2, 0.25) is 4.77 Å². The van der Waals surface area contributed by atoms with Gasteiger partial charge in [-0.25, -0.2) is 0 Å². The molecule has 1 fully saturated rings. The van der Waals surface area contributed by atoms with Crippen LogP contribution in [0, 0.1) is 4.77 Å². The minimum absolute atomic E-state index is 0.0953. The summed E-state index contributed by atoms with van der Waals surface area (Å²) in [6, 6.07) is 3.49. The van der Waals surface area contributed by atoms with E-state index in [1.165, 1.54) is 0 Å². The van der Waals surface area contributed by atoms with Gasteiger partial charge in [0, 0.05) is 6.61 Å². The molecule has 0 aliphatic carbocycles. The van der Waals surface area contributed by atoms with Gasteiger partial charge in [-0.15, -0.1) is 0 Å². The Kier molecular flexibility index (Phi) is 6.11. The number of benzene rings is 1. The third-order valence-electron chi connectivity index (χ3n) is 3.69. The molecule has 2 heterocycles. The van der Waals surface area contributed by atoms with Crippen LogP contribution < -0.4 is 4.74 Å². The molecule has 1 aromatic heterocycles. The van der Waals surface area contributed by atoms with Gasteiger partial charge in [-0.2, -0.15) is 14.9 Å². The molecule has 1 aliphatic heterocycles. The monoisotopic (exact) mass is 400 g/mol. The largest absolute Gasteiger partial charge is 0.490 e. The minimum atomic E-state index is -0.0953. The predicted octanol–water partition coefficient (Wildman–Crippen LogP) is 4.77. The van der Waals surface area contributed by atoms with E-state index in [0.717, 1.165) is 31.4 Å². The molecule has 1 aliphatic rings. The van der Waals surface area contributed by atoms with Gasteiger partial charge >= 0.3 is 0 Å². The first kappa shape index (κ1) is 18.4. The topological polar surface area (TPSA) is 64.4 Å². The standard InChI is InChI=1S/C16H18Cl2N4O2S/c1-2-5-24-14-11(17)7-10(8-12(14)18)9-19-22-15(20-21-16(22)25)13-4-3-6-23-13/h7-9,13H,2-6H2,1H3,(H,21,25)/b19-9-. The molecule has 134 valence electrons. The van der Waals surface area contributed by atoms with Crippen LogP contribution in [0.2, 0.25) is 10.0 Å². The summed E-state index contributed by atoms with van der Waals surface area (Å²) in [5.41, 5.74) is 0.736. The molecule has 25 heavy (non-hydrogen) atoms. The number of halogens is 2. The van der Waals surface area contributed by atoms with Crippen molar-refractivity contribution >= 4 is 41.6 Å². The first-order chi connectivity index (χ1) is 12.1. The molecule has 3 rings (SSSR count). The molecule has 0 spiro atoms. The number of aromatic nitrogens is 3. The van der Waals surface area contributed by atoms with Gasteiger partial charge in [0.15, 0.2) is 11.6 Å². The molecule has 9 heteroatoms. The lowest BCUT2D eigenvalue weighted by Crippen LogP contribution is -2.05. The van der Waals surface area contributed by atoms with Gasteiger partial charge in [0.25, 0.3) is 0 Å². The summed E-state index contributed by atoms with van der Waals surface area (Å²) in [6.07, 6.45) is 4.31. The van der Waals surface area contributed by atoms with Crippen LogP contribution in [0.4, 0.5) is 0 Å². The van der Waals surface area contributed by atoms with Crippen LogP contribution in [0.5, 0.6) is 5.75 Å². The van der Waals surface area contributed by atoms with Crippen molar-refractivity contribution in [3.8, 4) is 5.75 Å². The fourth-order valence-electron chi connectivity index (χ4n) is 2.53. The molecule has 1 unspecified atom stereocenters. The van der Waals surface area contributed by atoms with Gasteiger partial charge in [-0.3, -0.25) is 5.10 Å². The highest BCUT2D eigenvalue weighted by Crippen LogP contribution is 2.34. The number of rotatable bonds is 6. The van der Waals surface area contributed by atoms with Crippen molar-refractivity contribution in [2.24, 2.45) is 5.10 Å². The zero-order chi connectivity index (χ0) is 17.8. The molecular weight excluding hydrogens is 383 g/mol. The molecule has 0 saturated carbocycles. The number of nitrogens with one attached hydrogen (secondary N) is 1.